The Morgan fingerprint density at radius 1 is 1.17 bits per heavy atom. The summed E-state index contributed by atoms with van der Waals surface area (Å²) in [6.45, 7) is 1.98. The monoisotopic (exact) mass is 319 g/mol. The number of nitrogens with zero attached hydrogens (tertiary/aromatic N) is 1. The van der Waals surface area contributed by atoms with Crippen molar-refractivity contribution in [3.05, 3.63) is 29.8 Å². The zero-order valence-electron chi connectivity index (χ0n) is 13.8. The fourth-order valence-electron chi connectivity index (χ4n) is 2.74. The summed E-state index contributed by atoms with van der Waals surface area (Å²) in [6.07, 6.45) is 5.51. The predicted molar refractivity (Wildman–Crippen MR) is 87.6 cm³/mol. The van der Waals surface area contributed by atoms with E-state index in [-0.39, 0.29) is 11.9 Å². The molecular formula is C18H25NO4. The second-order valence-corrected chi connectivity index (χ2v) is 5.73. The molecule has 0 spiro atoms. The summed E-state index contributed by atoms with van der Waals surface area (Å²) in [5.41, 5.74) is 0.442. The van der Waals surface area contributed by atoms with Crippen molar-refractivity contribution in [2.45, 2.75) is 38.5 Å². The molecule has 0 N–H and O–H groups in total. The summed E-state index contributed by atoms with van der Waals surface area (Å²) < 4.78 is 10.4. The molecule has 1 amide bonds. The third-order valence-corrected chi connectivity index (χ3v) is 4.05. The lowest BCUT2D eigenvalue weighted by molar-refractivity contribution is -0.130. The van der Waals surface area contributed by atoms with Gasteiger partial charge >= 0.3 is 5.97 Å². The van der Waals surface area contributed by atoms with Crippen LogP contribution in [0.3, 0.4) is 0 Å². The van der Waals surface area contributed by atoms with E-state index in [0.29, 0.717) is 24.3 Å². The third kappa shape index (κ3) is 5.27. The summed E-state index contributed by atoms with van der Waals surface area (Å²) in [5, 5.41) is 0. The minimum atomic E-state index is -0.367. The fraction of sp³-hybridized carbons (Fsp3) is 0.556. The minimum Gasteiger partial charge on any atom is -0.496 e. The molecule has 0 aromatic heterocycles. The highest BCUT2D eigenvalue weighted by molar-refractivity contribution is 5.92. The van der Waals surface area contributed by atoms with Gasteiger partial charge in [0.1, 0.15) is 11.3 Å². The smallest absolute Gasteiger partial charge is 0.341 e. The minimum absolute atomic E-state index is 0.258. The zero-order chi connectivity index (χ0) is 16.5. The van der Waals surface area contributed by atoms with Crippen molar-refractivity contribution in [2.24, 2.45) is 0 Å². The van der Waals surface area contributed by atoms with Crippen LogP contribution in [0, 0.1) is 0 Å². The Kier molecular flexibility index (Phi) is 6.91. The maximum absolute atomic E-state index is 12.0. The first-order valence-corrected chi connectivity index (χ1v) is 8.30. The molecule has 0 unspecified atom stereocenters. The average Bonchev–Trinajstić information content (AvgIpc) is 2.79. The Morgan fingerprint density at radius 2 is 2.00 bits per heavy atom. The van der Waals surface area contributed by atoms with Crippen molar-refractivity contribution in [1.82, 2.24) is 4.90 Å². The lowest BCUT2D eigenvalue weighted by Gasteiger charge is -2.20. The molecule has 0 saturated carbocycles. The number of rotatable bonds is 7. The Labute approximate surface area is 137 Å². The van der Waals surface area contributed by atoms with Crippen molar-refractivity contribution >= 4 is 11.9 Å². The van der Waals surface area contributed by atoms with E-state index in [1.54, 1.807) is 18.2 Å². The van der Waals surface area contributed by atoms with Crippen molar-refractivity contribution in [2.75, 3.05) is 26.8 Å². The molecule has 0 atom stereocenters. The number of hydrogen-bond donors (Lipinski definition) is 0. The first-order chi connectivity index (χ1) is 11.2. The van der Waals surface area contributed by atoms with Crippen molar-refractivity contribution in [3.8, 4) is 5.75 Å². The van der Waals surface area contributed by atoms with E-state index in [9.17, 15) is 9.59 Å². The van der Waals surface area contributed by atoms with Crippen LogP contribution in [0.4, 0.5) is 0 Å². The number of hydrogen-bond acceptors (Lipinski definition) is 4. The number of carbonyl (C=O) groups is 2. The summed E-state index contributed by atoms with van der Waals surface area (Å²) in [7, 11) is 1.53. The van der Waals surface area contributed by atoms with Crippen LogP contribution < -0.4 is 4.74 Å². The van der Waals surface area contributed by atoms with Gasteiger partial charge in [-0.05, 0) is 37.8 Å². The normalized spacial score (nSPS) is 15.2. The molecule has 1 fully saturated rings. The van der Waals surface area contributed by atoms with Gasteiger partial charge in [0.05, 0.1) is 13.7 Å². The highest BCUT2D eigenvalue weighted by Crippen LogP contribution is 2.18. The van der Waals surface area contributed by atoms with E-state index in [0.717, 1.165) is 45.2 Å². The third-order valence-electron chi connectivity index (χ3n) is 4.05. The zero-order valence-corrected chi connectivity index (χ0v) is 13.8. The van der Waals surface area contributed by atoms with Crippen LogP contribution in [0.1, 0.15) is 48.9 Å². The van der Waals surface area contributed by atoms with Gasteiger partial charge in [0.2, 0.25) is 5.91 Å². The molecule has 1 aromatic carbocycles. The SMILES string of the molecule is COc1ccccc1C(=O)OCCCCN1CCCCCC1=O. The van der Waals surface area contributed by atoms with Crippen LogP contribution in [0.25, 0.3) is 0 Å². The Balaban J connectivity index is 1.69. The molecule has 0 aliphatic carbocycles. The summed E-state index contributed by atoms with van der Waals surface area (Å²) in [5.74, 6) is 0.412. The molecule has 2 rings (SSSR count). The molecular weight excluding hydrogens is 294 g/mol. The molecule has 5 heteroatoms. The highest BCUT2D eigenvalue weighted by atomic mass is 16.5. The summed E-state index contributed by atoms with van der Waals surface area (Å²) >= 11 is 0. The number of carbonyl (C=O) groups excluding carboxylic acids is 2. The maximum atomic E-state index is 12.0. The standard InChI is InChI=1S/C18H25NO4/c1-22-16-10-5-4-9-15(16)18(21)23-14-8-7-13-19-12-6-2-3-11-17(19)20/h4-5,9-10H,2-3,6-8,11-14H2,1H3. The molecule has 5 nitrogen and oxygen atoms in total. The summed E-state index contributed by atoms with van der Waals surface area (Å²) in [4.78, 5) is 25.8. The van der Waals surface area contributed by atoms with Crippen LogP contribution in [0.15, 0.2) is 24.3 Å². The largest absolute Gasteiger partial charge is 0.496 e. The lowest BCUT2D eigenvalue weighted by Crippen LogP contribution is -2.31. The molecule has 23 heavy (non-hydrogen) atoms. The molecule has 1 saturated heterocycles. The van der Waals surface area contributed by atoms with Crippen molar-refractivity contribution < 1.29 is 19.1 Å². The first kappa shape index (κ1) is 17.3. The Bertz CT molecular complexity index is 530. The molecule has 0 radical (unpaired) electrons. The van der Waals surface area contributed by atoms with Gasteiger partial charge in [0.15, 0.2) is 0 Å². The molecule has 1 heterocycles. The average molecular weight is 319 g/mol. The maximum Gasteiger partial charge on any atom is 0.341 e. The Morgan fingerprint density at radius 3 is 2.83 bits per heavy atom. The number of benzene rings is 1. The van der Waals surface area contributed by atoms with Crippen molar-refractivity contribution in [1.29, 1.82) is 0 Å². The van der Waals surface area contributed by atoms with E-state index < -0.39 is 0 Å². The first-order valence-electron chi connectivity index (χ1n) is 8.30. The van der Waals surface area contributed by atoms with Gasteiger partial charge < -0.3 is 14.4 Å². The number of methoxy groups -OCH3 is 1. The van der Waals surface area contributed by atoms with Gasteiger partial charge in [-0.3, -0.25) is 4.79 Å². The van der Waals surface area contributed by atoms with Crippen LogP contribution >= 0.6 is 0 Å². The molecule has 1 aromatic rings. The van der Waals surface area contributed by atoms with Crippen molar-refractivity contribution in [3.63, 3.8) is 0 Å². The van der Waals surface area contributed by atoms with Crippen LogP contribution in [-0.4, -0.2) is 43.6 Å². The molecule has 1 aliphatic rings. The van der Waals surface area contributed by atoms with E-state index >= 15 is 0 Å². The summed E-state index contributed by atoms with van der Waals surface area (Å²) in [6, 6.07) is 7.02. The molecule has 0 bridgehead atoms. The molecule has 1 aliphatic heterocycles. The van der Waals surface area contributed by atoms with Gasteiger partial charge in [0.25, 0.3) is 0 Å². The van der Waals surface area contributed by atoms with E-state index in [4.69, 9.17) is 9.47 Å². The predicted octanol–water partition coefficient (Wildman–Crippen LogP) is 3.03. The van der Waals surface area contributed by atoms with E-state index in [1.807, 2.05) is 11.0 Å². The van der Waals surface area contributed by atoms with Gasteiger partial charge in [-0.25, -0.2) is 4.79 Å². The highest BCUT2D eigenvalue weighted by Gasteiger charge is 2.16. The quantitative estimate of drug-likeness (QED) is 0.572. The van der Waals surface area contributed by atoms with Crippen LogP contribution in [-0.2, 0) is 9.53 Å². The van der Waals surface area contributed by atoms with E-state index in [1.165, 1.54) is 7.11 Å². The van der Waals surface area contributed by atoms with Gasteiger partial charge in [-0.1, -0.05) is 18.6 Å². The number of ether oxygens (including phenoxy) is 2. The van der Waals surface area contributed by atoms with Crippen LogP contribution in [0.5, 0.6) is 5.75 Å². The van der Waals surface area contributed by atoms with Gasteiger partial charge in [-0.15, -0.1) is 0 Å². The Hall–Kier alpha value is -2.04. The number of unbranched alkanes of at least 4 members (excludes halogenated alkanes) is 1. The van der Waals surface area contributed by atoms with Gasteiger partial charge in [0, 0.05) is 19.5 Å². The number of likely N-dealkylation sites (tertiary alicyclic amines) is 1. The lowest BCUT2D eigenvalue weighted by atomic mass is 10.2. The topological polar surface area (TPSA) is 55.8 Å². The van der Waals surface area contributed by atoms with Crippen LogP contribution in [0.2, 0.25) is 0 Å². The second-order valence-electron chi connectivity index (χ2n) is 5.73. The number of amides is 1. The van der Waals surface area contributed by atoms with E-state index in [2.05, 4.69) is 0 Å². The fourth-order valence-corrected chi connectivity index (χ4v) is 2.74. The van der Waals surface area contributed by atoms with Gasteiger partial charge in [-0.2, -0.15) is 0 Å². The second kappa shape index (κ2) is 9.18. The number of para-hydroxylation sites is 1. The molecule has 126 valence electrons. The number of esters is 1.